The lowest BCUT2D eigenvalue weighted by Gasteiger charge is -2.03. The van der Waals surface area contributed by atoms with Crippen molar-refractivity contribution < 1.29 is 0 Å². The molecule has 0 heterocycles. The normalized spacial score (nSPS) is 12.4. The minimum atomic E-state index is 0.709. The van der Waals surface area contributed by atoms with Crippen LogP contribution in [0.4, 0.5) is 0 Å². The second-order valence-electron chi connectivity index (χ2n) is 8.95. The Morgan fingerprint density at radius 2 is 1.55 bits per heavy atom. The van der Waals surface area contributed by atoms with Crippen LogP contribution in [0.3, 0.4) is 0 Å². The number of unbranched alkanes of at least 4 members (excludes halogenated alkanes) is 5. The van der Waals surface area contributed by atoms with Gasteiger partial charge in [-0.1, -0.05) is 36.0 Å². The lowest BCUT2D eigenvalue weighted by atomic mass is 10.0. The molecule has 0 aromatic carbocycles. The third-order valence-corrected chi connectivity index (χ3v) is 5.55. The molecule has 0 bridgehead atoms. The molecule has 0 radical (unpaired) electrons. The molecule has 33 heavy (non-hydrogen) atoms. The first-order valence-electron chi connectivity index (χ1n) is 13.0. The van der Waals surface area contributed by atoms with Crippen molar-refractivity contribution in [2.75, 3.05) is 6.54 Å². The third-order valence-electron chi connectivity index (χ3n) is 5.55. The minimum absolute atomic E-state index is 0.709. The van der Waals surface area contributed by atoms with Crippen LogP contribution in [0.5, 0.6) is 0 Å². The van der Waals surface area contributed by atoms with Crippen molar-refractivity contribution in [1.29, 1.82) is 5.41 Å². The molecule has 2 heteroatoms. The summed E-state index contributed by atoms with van der Waals surface area (Å²) in [6.07, 6.45) is 29.5. The van der Waals surface area contributed by atoms with Crippen LogP contribution < -0.4 is 0 Å². The van der Waals surface area contributed by atoms with E-state index >= 15 is 0 Å². The van der Waals surface area contributed by atoms with Gasteiger partial charge >= 0.3 is 0 Å². The number of allylic oxidation sites excluding steroid dienone is 7. The fourth-order valence-electron chi connectivity index (χ4n) is 3.46. The Morgan fingerprint density at radius 1 is 0.848 bits per heavy atom. The summed E-state index contributed by atoms with van der Waals surface area (Å²) < 4.78 is 0. The van der Waals surface area contributed by atoms with Gasteiger partial charge in [-0.15, -0.1) is 12.3 Å². The Kier molecular flexibility index (Phi) is 21.5. The van der Waals surface area contributed by atoms with Gasteiger partial charge < -0.3 is 5.41 Å². The van der Waals surface area contributed by atoms with Crippen LogP contribution in [0.25, 0.3) is 0 Å². The minimum Gasteiger partial charge on any atom is -0.310 e. The molecule has 2 nitrogen and oxygen atoms in total. The zero-order valence-electron chi connectivity index (χ0n) is 22.1. The molecule has 0 atom stereocenters. The Balaban J connectivity index is 3.91. The Bertz CT molecular complexity index is 709. The van der Waals surface area contributed by atoms with Crippen LogP contribution >= 0.6 is 0 Å². The standard InChI is InChI=1S/C31H50N2/c1-6-8-10-14-20-29(4)23-19-27-33-30(5)24-16-12-11-15-21-28(3)22-17-18-26-31(32)25-13-9-7-2/h6-8,16,19,22,24,32H,2,9-15,17-18,20-21,25-27H2,1,3-5H3/b8-6?,24-16-,28-22?,32-31?,33-30?. The zero-order valence-corrected chi connectivity index (χ0v) is 22.1. The lowest BCUT2D eigenvalue weighted by Crippen LogP contribution is -1.95. The highest BCUT2D eigenvalue weighted by atomic mass is 14.7. The van der Waals surface area contributed by atoms with Gasteiger partial charge in [-0.3, -0.25) is 4.99 Å². The van der Waals surface area contributed by atoms with Crippen LogP contribution in [0.15, 0.2) is 71.0 Å². The second-order valence-corrected chi connectivity index (χ2v) is 8.95. The first kappa shape index (κ1) is 30.8. The Labute approximate surface area is 205 Å². The largest absolute Gasteiger partial charge is 0.310 e. The molecular weight excluding hydrogens is 400 g/mol. The molecule has 0 aliphatic heterocycles. The summed E-state index contributed by atoms with van der Waals surface area (Å²) in [6.45, 7) is 13.0. The van der Waals surface area contributed by atoms with Crippen LogP contribution in [-0.4, -0.2) is 18.0 Å². The predicted molar refractivity (Wildman–Crippen MR) is 151 cm³/mol. The van der Waals surface area contributed by atoms with E-state index in [-0.39, 0.29) is 0 Å². The monoisotopic (exact) mass is 450 g/mol. The molecule has 0 rings (SSSR count). The quantitative estimate of drug-likeness (QED) is 0.0829. The van der Waals surface area contributed by atoms with Gasteiger partial charge in [-0.2, -0.15) is 0 Å². The summed E-state index contributed by atoms with van der Waals surface area (Å²) in [7, 11) is 0. The summed E-state index contributed by atoms with van der Waals surface area (Å²) >= 11 is 0. The van der Waals surface area contributed by atoms with Crippen LogP contribution in [-0.2, 0) is 0 Å². The van der Waals surface area contributed by atoms with Crippen LogP contribution in [0, 0.1) is 5.41 Å². The van der Waals surface area contributed by atoms with Gasteiger partial charge in [0, 0.05) is 11.4 Å². The molecule has 0 fully saturated rings. The van der Waals surface area contributed by atoms with Gasteiger partial charge in [0.2, 0.25) is 0 Å². The van der Waals surface area contributed by atoms with E-state index in [1.165, 1.54) is 36.8 Å². The van der Waals surface area contributed by atoms with Crippen molar-refractivity contribution in [1.82, 2.24) is 0 Å². The summed E-state index contributed by atoms with van der Waals surface area (Å²) in [5, 5.41) is 7.98. The highest BCUT2D eigenvalue weighted by Gasteiger charge is 1.97. The van der Waals surface area contributed by atoms with E-state index in [1.54, 1.807) is 0 Å². The molecular formula is C31H50N2. The fourth-order valence-corrected chi connectivity index (χ4v) is 3.46. The number of nitrogens with zero attached hydrogens (tertiary/aromatic N) is 1. The first-order valence-corrected chi connectivity index (χ1v) is 13.0. The first-order chi connectivity index (χ1) is 16.0. The third kappa shape index (κ3) is 22.8. The average molecular weight is 451 g/mol. The van der Waals surface area contributed by atoms with E-state index in [4.69, 9.17) is 5.41 Å². The number of hydrogen-bond acceptors (Lipinski definition) is 2. The van der Waals surface area contributed by atoms with E-state index in [2.05, 4.69) is 75.4 Å². The predicted octanol–water partition coefficient (Wildman–Crippen LogP) is 9.90. The van der Waals surface area contributed by atoms with E-state index in [1.807, 2.05) is 12.2 Å². The van der Waals surface area contributed by atoms with Crippen molar-refractivity contribution in [3.8, 4) is 0 Å². The van der Waals surface area contributed by atoms with Gasteiger partial charge in [-0.05, 0) is 129 Å². The SMILES string of the molecule is C=CCCCC(=N)CCCC=C(C)CCCC/C=C\C(C)=NCC=C=C(C)CCCC=CC. The van der Waals surface area contributed by atoms with Gasteiger partial charge in [0.05, 0.1) is 6.54 Å². The molecule has 0 aromatic rings. The van der Waals surface area contributed by atoms with Gasteiger partial charge in [0.15, 0.2) is 0 Å². The van der Waals surface area contributed by atoms with E-state index in [0.29, 0.717) is 6.54 Å². The molecule has 1 N–H and O–H groups in total. The van der Waals surface area contributed by atoms with E-state index < -0.39 is 0 Å². The average Bonchev–Trinajstić information content (AvgIpc) is 2.79. The molecule has 184 valence electrons. The second kappa shape index (κ2) is 23.0. The summed E-state index contributed by atoms with van der Waals surface area (Å²) in [4.78, 5) is 4.59. The number of aliphatic imine (C=N–C) groups is 1. The van der Waals surface area contributed by atoms with Crippen LogP contribution in [0.1, 0.15) is 111 Å². The topological polar surface area (TPSA) is 36.2 Å². The smallest absolute Gasteiger partial charge is 0.0647 e. The van der Waals surface area contributed by atoms with Crippen molar-refractivity contribution in [3.05, 3.63) is 66.0 Å². The number of rotatable bonds is 20. The highest BCUT2D eigenvalue weighted by molar-refractivity contribution is 5.92. The molecule has 0 saturated carbocycles. The summed E-state index contributed by atoms with van der Waals surface area (Å²) in [6, 6.07) is 0. The molecule has 0 spiro atoms. The van der Waals surface area contributed by atoms with Gasteiger partial charge in [0.1, 0.15) is 0 Å². The maximum Gasteiger partial charge on any atom is 0.0647 e. The van der Waals surface area contributed by atoms with Gasteiger partial charge in [0.25, 0.3) is 0 Å². The van der Waals surface area contributed by atoms with Crippen molar-refractivity contribution >= 4 is 11.4 Å². The number of hydrogen-bond donors (Lipinski definition) is 1. The molecule has 0 saturated heterocycles. The van der Waals surface area contributed by atoms with Crippen molar-refractivity contribution in [2.24, 2.45) is 4.99 Å². The molecule has 0 unspecified atom stereocenters. The summed E-state index contributed by atoms with van der Waals surface area (Å²) in [5.74, 6) is 0. The maximum atomic E-state index is 7.98. The van der Waals surface area contributed by atoms with Crippen molar-refractivity contribution in [3.63, 3.8) is 0 Å². The fraction of sp³-hybridized carbons (Fsp3) is 0.581. The molecule has 0 aliphatic rings. The lowest BCUT2D eigenvalue weighted by molar-refractivity contribution is 0.736. The van der Waals surface area contributed by atoms with Crippen molar-refractivity contribution in [2.45, 2.75) is 111 Å². The zero-order chi connectivity index (χ0) is 24.6. The highest BCUT2D eigenvalue weighted by Crippen LogP contribution is 2.12. The Morgan fingerprint density at radius 3 is 2.27 bits per heavy atom. The van der Waals surface area contributed by atoms with E-state index in [9.17, 15) is 0 Å². The van der Waals surface area contributed by atoms with E-state index in [0.717, 1.165) is 69.2 Å². The molecule has 0 aliphatic carbocycles. The van der Waals surface area contributed by atoms with Crippen LogP contribution in [0.2, 0.25) is 0 Å². The molecule has 0 aromatic heterocycles. The number of nitrogens with one attached hydrogen (secondary N) is 1. The van der Waals surface area contributed by atoms with Gasteiger partial charge in [-0.25, -0.2) is 0 Å². The summed E-state index contributed by atoms with van der Waals surface area (Å²) in [5.41, 5.74) is 8.15. The molecule has 0 amide bonds. The Hall–Kier alpha value is -2.18. The maximum absolute atomic E-state index is 7.98.